The van der Waals surface area contributed by atoms with Crippen LogP contribution in [0.25, 0.3) is 0 Å². The minimum Gasteiger partial charge on any atom is -0.465 e. The molecule has 0 N–H and O–H groups in total. The first-order valence-electron chi connectivity index (χ1n) is 25.4. The summed E-state index contributed by atoms with van der Waals surface area (Å²) in [7, 11) is 0. The van der Waals surface area contributed by atoms with Gasteiger partial charge in [-0.15, -0.1) is 0 Å². The molecule has 6 aliphatic carbocycles. The maximum Gasteiger partial charge on any atom is 0.332 e. The largest absolute Gasteiger partial charge is 0.465 e. The molecule has 0 aromatic heterocycles. The zero-order valence-electron chi connectivity index (χ0n) is 42.4. The van der Waals surface area contributed by atoms with Gasteiger partial charge in [-0.25, -0.2) is 4.79 Å². The third-order valence-corrected chi connectivity index (χ3v) is 15.7. The van der Waals surface area contributed by atoms with E-state index in [4.69, 9.17) is 33.2 Å². The molecule has 1 atom stereocenters. The molecule has 1 unspecified atom stereocenters. The molecule has 0 radical (unpaired) electrons. The van der Waals surface area contributed by atoms with E-state index in [9.17, 15) is 28.8 Å². The average Bonchev–Trinajstić information content (AvgIpc) is 3.95. The van der Waals surface area contributed by atoms with E-state index in [1.807, 2.05) is 55.4 Å². The summed E-state index contributed by atoms with van der Waals surface area (Å²) in [6.07, 6.45) is 18.8. The predicted octanol–water partition coefficient (Wildman–Crippen LogP) is 14.4. The van der Waals surface area contributed by atoms with Crippen LogP contribution in [-0.4, -0.2) is 85.7 Å². The molecule has 6 rings (SSSR count). The Kier molecular flexibility index (Phi) is 35.9. The Morgan fingerprint density at radius 2 is 0.901 bits per heavy atom. The molecule has 422 valence electrons. The third-order valence-electron chi connectivity index (χ3n) is 15.7. The van der Waals surface area contributed by atoms with Gasteiger partial charge >= 0.3 is 35.8 Å². The Balaban J connectivity index is -0.000000462. The standard InChI is InChI=1S/C21H34O5.C16H28O4.C15H26O4.6CH4/c1-5-20(2,3)19(23)25-7-6-24-13-18(22)26-21(4)16-9-14-8-15(11-16)12-17(21)10-14;1-5-15(3,4)14(18)19-12-9-13(17)20-16(6-2)10-7-8-11-16;1-4-12(3)14(17)18-11-8-13(16)19-15(5-2)9-6-7-10-15;;;;;;/h14-17H,5-13H2,1-4H3;5-12H2,1-4H3;12H,4-11H2,1-3H3;6*1H4. The Morgan fingerprint density at radius 1 is 0.521 bits per heavy atom. The Bertz CT molecular complexity index is 1510. The lowest BCUT2D eigenvalue weighted by Crippen LogP contribution is -2.58. The molecule has 0 saturated heterocycles. The fourth-order valence-corrected chi connectivity index (χ4v) is 10.0. The Labute approximate surface area is 435 Å². The van der Waals surface area contributed by atoms with Crippen molar-refractivity contribution < 1.29 is 61.9 Å². The summed E-state index contributed by atoms with van der Waals surface area (Å²) in [5, 5.41) is 0. The van der Waals surface area contributed by atoms with Crippen LogP contribution in [0.4, 0.5) is 0 Å². The van der Waals surface area contributed by atoms with E-state index in [0.29, 0.717) is 11.8 Å². The summed E-state index contributed by atoms with van der Waals surface area (Å²) in [6, 6.07) is 0. The number of rotatable bonds is 22. The summed E-state index contributed by atoms with van der Waals surface area (Å²) >= 11 is 0. The second-order valence-electron chi connectivity index (χ2n) is 21.2. The number of hydrogen-bond acceptors (Lipinski definition) is 13. The number of carbonyl (C=O) groups excluding carboxylic acids is 6. The summed E-state index contributed by atoms with van der Waals surface area (Å²) in [6.45, 7) is 21.9. The topological polar surface area (TPSA) is 167 Å². The third kappa shape index (κ3) is 22.4. The van der Waals surface area contributed by atoms with E-state index >= 15 is 0 Å². The smallest absolute Gasteiger partial charge is 0.332 e. The van der Waals surface area contributed by atoms with E-state index in [2.05, 4.69) is 20.8 Å². The molecule has 0 aliphatic heterocycles. The lowest BCUT2D eigenvalue weighted by Gasteiger charge is -2.59. The minimum atomic E-state index is -0.486. The lowest BCUT2D eigenvalue weighted by molar-refractivity contribution is -0.207. The van der Waals surface area contributed by atoms with E-state index in [0.717, 1.165) is 95.3 Å². The molecule has 0 aromatic rings. The summed E-state index contributed by atoms with van der Waals surface area (Å²) in [4.78, 5) is 71.0. The molecule has 4 bridgehead atoms. The molecule has 0 heterocycles. The summed E-state index contributed by atoms with van der Waals surface area (Å²) in [5.41, 5.74) is -1.79. The summed E-state index contributed by atoms with van der Waals surface area (Å²) in [5.74, 6) is 1.11. The molecular weight excluding hydrogens is 905 g/mol. The van der Waals surface area contributed by atoms with E-state index in [-0.39, 0.29) is 149 Å². The van der Waals surface area contributed by atoms with Gasteiger partial charge in [0, 0.05) is 0 Å². The van der Waals surface area contributed by atoms with Crippen LogP contribution in [0.3, 0.4) is 0 Å². The number of carbonyl (C=O) groups is 6. The van der Waals surface area contributed by atoms with Gasteiger partial charge in [-0.2, -0.15) is 0 Å². The van der Waals surface area contributed by atoms with Gasteiger partial charge < -0.3 is 33.2 Å². The highest BCUT2D eigenvalue weighted by Gasteiger charge is 2.57. The molecule has 0 amide bonds. The van der Waals surface area contributed by atoms with Crippen molar-refractivity contribution in [2.45, 2.75) is 266 Å². The second-order valence-corrected chi connectivity index (χ2v) is 21.2. The van der Waals surface area contributed by atoms with Crippen molar-refractivity contribution in [3.05, 3.63) is 0 Å². The highest BCUT2D eigenvalue weighted by molar-refractivity contribution is 5.77. The monoisotopic (exact) mass is 1020 g/mol. The highest BCUT2D eigenvalue weighted by atomic mass is 16.6. The predicted molar refractivity (Wildman–Crippen MR) is 288 cm³/mol. The molecule has 13 nitrogen and oxygen atoms in total. The molecule has 6 saturated carbocycles. The van der Waals surface area contributed by atoms with E-state index in [1.54, 1.807) is 0 Å². The van der Waals surface area contributed by atoms with Gasteiger partial charge in [-0.3, -0.25) is 24.0 Å². The van der Waals surface area contributed by atoms with Crippen molar-refractivity contribution in [2.75, 3.05) is 33.0 Å². The number of ether oxygens (including phenoxy) is 7. The van der Waals surface area contributed by atoms with Crippen molar-refractivity contribution in [2.24, 2.45) is 40.4 Å². The SMILES string of the molecule is C.C.C.C.C.C.CCC(C)(C)C(=O)OCCOCC(=O)OC1(C)C2CC3CC(C2)CC1C3.CCC(C)C(=O)OCCC(=O)OC1(CC)CCCC1.CCC1(OC(=O)CCOC(=O)C(C)(C)CC)CCCC1. The molecule has 71 heavy (non-hydrogen) atoms. The van der Waals surface area contributed by atoms with Crippen molar-refractivity contribution in [3.8, 4) is 0 Å². The maximum atomic E-state index is 12.3. The molecule has 6 fully saturated rings. The lowest BCUT2D eigenvalue weighted by atomic mass is 9.50. The molecule has 13 heteroatoms. The fourth-order valence-electron chi connectivity index (χ4n) is 10.0. The van der Waals surface area contributed by atoms with E-state index in [1.165, 1.54) is 32.1 Å². The van der Waals surface area contributed by atoms with Gasteiger partial charge in [0.25, 0.3) is 0 Å². The second kappa shape index (κ2) is 34.3. The molecule has 0 spiro atoms. The Morgan fingerprint density at radius 3 is 1.27 bits per heavy atom. The van der Waals surface area contributed by atoms with Crippen LogP contribution < -0.4 is 0 Å². The van der Waals surface area contributed by atoms with Gasteiger partial charge in [0.1, 0.15) is 43.2 Å². The fraction of sp³-hybridized carbons (Fsp3) is 0.897. The Hall–Kier alpha value is -3.22. The van der Waals surface area contributed by atoms with Crippen LogP contribution in [0.5, 0.6) is 0 Å². The van der Waals surface area contributed by atoms with Crippen LogP contribution in [0.15, 0.2) is 0 Å². The minimum absolute atomic E-state index is 0. The van der Waals surface area contributed by atoms with Crippen molar-refractivity contribution in [1.82, 2.24) is 0 Å². The van der Waals surface area contributed by atoms with Crippen LogP contribution in [0.2, 0.25) is 0 Å². The van der Waals surface area contributed by atoms with Gasteiger partial charge in [-0.1, -0.05) is 86.1 Å². The number of hydrogen-bond donors (Lipinski definition) is 0. The average molecular weight is 1020 g/mol. The van der Waals surface area contributed by atoms with E-state index < -0.39 is 10.8 Å². The van der Waals surface area contributed by atoms with Gasteiger partial charge in [0.2, 0.25) is 0 Å². The van der Waals surface area contributed by atoms with Crippen molar-refractivity contribution >= 4 is 35.8 Å². The quantitative estimate of drug-likeness (QED) is 0.0571. The molecule has 6 aliphatic rings. The van der Waals surface area contributed by atoms with Crippen LogP contribution in [0, 0.1) is 40.4 Å². The zero-order chi connectivity index (χ0) is 48.5. The van der Waals surface area contributed by atoms with Gasteiger partial charge in [0.05, 0.1) is 36.2 Å². The zero-order valence-corrected chi connectivity index (χ0v) is 42.4. The van der Waals surface area contributed by atoms with Crippen LogP contribution in [-0.2, 0) is 61.9 Å². The van der Waals surface area contributed by atoms with Crippen LogP contribution in [0.1, 0.15) is 249 Å². The first-order valence-corrected chi connectivity index (χ1v) is 25.4. The van der Waals surface area contributed by atoms with Gasteiger partial charge in [-0.05, 0) is 174 Å². The first-order chi connectivity index (χ1) is 30.6. The van der Waals surface area contributed by atoms with Crippen LogP contribution >= 0.6 is 0 Å². The van der Waals surface area contributed by atoms with Crippen molar-refractivity contribution in [1.29, 1.82) is 0 Å². The molecular formula is C58H112O13. The normalized spacial score (nSPS) is 23.0. The van der Waals surface area contributed by atoms with Gasteiger partial charge in [0.15, 0.2) is 0 Å². The molecule has 0 aromatic carbocycles. The number of esters is 6. The summed E-state index contributed by atoms with van der Waals surface area (Å²) < 4.78 is 37.9. The highest BCUT2D eigenvalue weighted by Crippen LogP contribution is 2.59. The van der Waals surface area contributed by atoms with Crippen molar-refractivity contribution in [3.63, 3.8) is 0 Å². The first kappa shape index (κ1) is 74.3. The maximum absolute atomic E-state index is 12.3.